The second-order valence-corrected chi connectivity index (χ2v) is 5.34. The first-order valence-corrected chi connectivity index (χ1v) is 7.91. The lowest BCUT2D eigenvalue weighted by atomic mass is 10.2. The molecule has 0 bridgehead atoms. The van der Waals surface area contributed by atoms with E-state index in [9.17, 15) is 9.18 Å². The molecule has 1 heterocycles. The smallest absolute Gasteiger partial charge is 0.363 e. The maximum atomic E-state index is 13.0. The quantitative estimate of drug-likeness (QED) is 0.490. The van der Waals surface area contributed by atoms with E-state index in [1.54, 1.807) is 30.3 Å². The lowest BCUT2D eigenvalue weighted by Crippen LogP contribution is -2.13. The van der Waals surface area contributed by atoms with Gasteiger partial charge in [0.25, 0.3) is 0 Å². The fourth-order valence-electron chi connectivity index (χ4n) is 2.22. The highest BCUT2D eigenvalue weighted by atomic mass is 19.1. The number of rotatable bonds is 7. The summed E-state index contributed by atoms with van der Waals surface area (Å²) in [7, 11) is 1.53. The zero-order chi connectivity index (χ0) is 19.1. The summed E-state index contributed by atoms with van der Waals surface area (Å²) < 4.78 is 24.2. The molecule has 0 atom stereocenters. The molecule has 0 spiro atoms. The third-order valence-corrected chi connectivity index (χ3v) is 3.48. The average molecular weight is 369 g/mol. The molecule has 2 aromatic carbocycles. The van der Waals surface area contributed by atoms with Crippen LogP contribution in [0.2, 0.25) is 0 Å². The topological polar surface area (TPSA) is 101 Å². The number of hydrogen-bond acceptors (Lipinski definition) is 7. The number of ether oxygens (including phenoxy) is 2. The first kappa shape index (κ1) is 18.1. The van der Waals surface area contributed by atoms with Gasteiger partial charge in [0, 0.05) is 5.56 Å². The van der Waals surface area contributed by atoms with Gasteiger partial charge in [-0.1, -0.05) is 18.2 Å². The number of aromatic nitrogens is 3. The molecular weight excluding hydrogens is 353 g/mol. The van der Waals surface area contributed by atoms with Crippen molar-refractivity contribution in [3.63, 3.8) is 0 Å². The van der Waals surface area contributed by atoms with Crippen molar-refractivity contribution < 1.29 is 13.9 Å². The minimum absolute atomic E-state index is 0.201. The molecule has 1 aromatic heterocycles. The molecule has 0 saturated heterocycles. The first-order chi connectivity index (χ1) is 13.2. The zero-order valence-corrected chi connectivity index (χ0v) is 14.3. The summed E-state index contributed by atoms with van der Waals surface area (Å²) in [5, 5.41) is 9.83. The van der Waals surface area contributed by atoms with E-state index in [0.29, 0.717) is 17.1 Å². The Morgan fingerprint density at radius 3 is 2.81 bits per heavy atom. The van der Waals surface area contributed by atoms with Crippen LogP contribution in [-0.2, 0) is 6.61 Å². The summed E-state index contributed by atoms with van der Waals surface area (Å²) in [4.78, 5) is 14.8. The van der Waals surface area contributed by atoms with Crippen LogP contribution in [0.15, 0.2) is 58.6 Å². The highest BCUT2D eigenvalue weighted by Gasteiger charge is 2.10. The Balaban J connectivity index is 1.77. The molecule has 0 radical (unpaired) electrons. The van der Waals surface area contributed by atoms with Crippen LogP contribution in [0.25, 0.3) is 0 Å². The number of para-hydroxylation sites is 1. The van der Waals surface area contributed by atoms with Crippen LogP contribution < -0.4 is 20.6 Å². The van der Waals surface area contributed by atoms with E-state index in [4.69, 9.17) is 9.47 Å². The predicted molar refractivity (Wildman–Crippen MR) is 97.6 cm³/mol. The molecule has 0 amide bonds. The summed E-state index contributed by atoms with van der Waals surface area (Å²) in [6.07, 6.45) is 2.83. The maximum Gasteiger partial charge on any atom is 0.363 e. The van der Waals surface area contributed by atoms with Crippen molar-refractivity contribution in [3.05, 3.63) is 76.1 Å². The van der Waals surface area contributed by atoms with Crippen molar-refractivity contribution in [3.8, 4) is 11.5 Å². The molecule has 0 unspecified atom stereocenters. The van der Waals surface area contributed by atoms with Crippen LogP contribution in [0.4, 0.5) is 10.2 Å². The number of aromatic amines is 1. The molecule has 0 saturated carbocycles. The molecule has 8 nitrogen and oxygen atoms in total. The Morgan fingerprint density at radius 1 is 1.26 bits per heavy atom. The number of anilines is 1. The largest absolute Gasteiger partial charge is 0.493 e. The van der Waals surface area contributed by atoms with Crippen molar-refractivity contribution in [2.75, 3.05) is 12.5 Å². The lowest BCUT2D eigenvalue weighted by Gasteiger charge is -2.13. The van der Waals surface area contributed by atoms with E-state index >= 15 is 0 Å². The van der Waals surface area contributed by atoms with Crippen LogP contribution in [0, 0.1) is 5.82 Å². The fourth-order valence-corrected chi connectivity index (χ4v) is 2.22. The Morgan fingerprint density at radius 2 is 2.07 bits per heavy atom. The van der Waals surface area contributed by atoms with E-state index in [0.717, 1.165) is 5.56 Å². The van der Waals surface area contributed by atoms with E-state index in [1.165, 1.54) is 31.7 Å². The van der Waals surface area contributed by atoms with Crippen LogP contribution in [0.1, 0.15) is 11.1 Å². The van der Waals surface area contributed by atoms with Crippen LogP contribution >= 0.6 is 0 Å². The summed E-state index contributed by atoms with van der Waals surface area (Å²) in [5.41, 5.74) is 3.48. The summed E-state index contributed by atoms with van der Waals surface area (Å²) in [5.74, 6) is 0.897. The summed E-state index contributed by atoms with van der Waals surface area (Å²) in [6.45, 7) is 0.231. The monoisotopic (exact) mass is 369 g/mol. The molecule has 3 aromatic rings. The second-order valence-electron chi connectivity index (χ2n) is 5.34. The van der Waals surface area contributed by atoms with Crippen LogP contribution in [0.5, 0.6) is 11.5 Å². The normalized spacial score (nSPS) is 10.7. The van der Waals surface area contributed by atoms with Gasteiger partial charge in [-0.25, -0.2) is 14.3 Å². The zero-order valence-electron chi connectivity index (χ0n) is 14.3. The highest BCUT2D eigenvalue weighted by molar-refractivity contribution is 5.85. The van der Waals surface area contributed by atoms with E-state index in [1.807, 2.05) is 0 Å². The number of halogens is 1. The van der Waals surface area contributed by atoms with Gasteiger partial charge in [0.2, 0.25) is 0 Å². The van der Waals surface area contributed by atoms with Gasteiger partial charge in [0.05, 0.1) is 19.5 Å². The van der Waals surface area contributed by atoms with E-state index in [-0.39, 0.29) is 18.2 Å². The molecule has 0 aliphatic carbocycles. The third-order valence-electron chi connectivity index (χ3n) is 3.48. The molecule has 2 N–H and O–H groups in total. The van der Waals surface area contributed by atoms with Crippen molar-refractivity contribution in [1.29, 1.82) is 0 Å². The Hall–Kier alpha value is -3.75. The van der Waals surface area contributed by atoms with Crippen LogP contribution in [-0.4, -0.2) is 28.5 Å². The number of hydrazone groups is 1. The van der Waals surface area contributed by atoms with Gasteiger partial charge in [-0.3, -0.25) is 5.43 Å². The minimum atomic E-state index is -0.583. The number of methoxy groups -OCH3 is 1. The van der Waals surface area contributed by atoms with Gasteiger partial charge < -0.3 is 9.47 Å². The van der Waals surface area contributed by atoms with Gasteiger partial charge in [-0.05, 0) is 29.8 Å². The predicted octanol–water partition coefficient (Wildman–Crippen LogP) is 2.34. The van der Waals surface area contributed by atoms with Crippen molar-refractivity contribution >= 4 is 12.0 Å². The molecule has 9 heteroatoms. The Bertz CT molecular complexity index is 989. The second kappa shape index (κ2) is 8.56. The molecule has 3 rings (SSSR count). The molecule has 0 aliphatic heterocycles. The number of hydrogen-bond donors (Lipinski definition) is 2. The number of benzene rings is 2. The van der Waals surface area contributed by atoms with E-state index in [2.05, 4.69) is 25.7 Å². The lowest BCUT2D eigenvalue weighted by molar-refractivity contribution is 0.284. The third kappa shape index (κ3) is 4.88. The molecule has 0 aliphatic rings. The molecule has 0 fully saturated rings. The highest BCUT2D eigenvalue weighted by Crippen LogP contribution is 2.30. The standard InChI is InChI=1S/C18H16FN5O3/c1-26-15-4-2-3-13(9-20-23-16-10-21-24-18(25)22-16)17(15)27-11-12-5-7-14(19)8-6-12/h2-10H,11H2,1H3,(H2,22,23,24,25)/b20-9+. The van der Waals surface area contributed by atoms with E-state index < -0.39 is 5.69 Å². The number of H-pyrrole nitrogens is 1. The minimum Gasteiger partial charge on any atom is -0.493 e. The average Bonchev–Trinajstić information content (AvgIpc) is 2.68. The van der Waals surface area contributed by atoms with Gasteiger partial charge in [0.1, 0.15) is 12.4 Å². The molecular formula is C18H16FN5O3. The van der Waals surface area contributed by atoms with Crippen LogP contribution in [0.3, 0.4) is 0 Å². The molecule has 27 heavy (non-hydrogen) atoms. The molecule has 138 valence electrons. The number of nitrogens with zero attached hydrogens (tertiary/aromatic N) is 3. The fraction of sp³-hybridized carbons (Fsp3) is 0.111. The first-order valence-electron chi connectivity index (χ1n) is 7.91. The summed E-state index contributed by atoms with van der Waals surface area (Å²) >= 11 is 0. The van der Waals surface area contributed by atoms with Gasteiger partial charge in [0.15, 0.2) is 17.3 Å². The SMILES string of the molecule is COc1cccc(/C=N/Nc2cn[nH]c(=O)n2)c1OCc1ccc(F)cc1. The number of nitrogens with one attached hydrogen (secondary N) is 2. The van der Waals surface area contributed by atoms with Gasteiger partial charge in [-0.15, -0.1) is 0 Å². The maximum absolute atomic E-state index is 13.0. The Labute approximate surface area is 153 Å². The van der Waals surface area contributed by atoms with Gasteiger partial charge >= 0.3 is 5.69 Å². The van der Waals surface area contributed by atoms with Crippen molar-refractivity contribution in [1.82, 2.24) is 15.2 Å². The van der Waals surface area contributed by atoms with Crippen molar-refractivity contribution in [2.24, 2.45) is 5.10 Å². The van der Waals surface area contributed by atoms with Crippen molar-refractivity contribution in [2.45, 2.75) is 6.61 Å². The summed E-state index contributed by atoms with van der Waals surface area (Å²) in [6, 6.07) is 11.4. The Kier molecular flexibility index (Phi) is 5.73. The van der Waals surface area contributed by atoms with Gasteiger partial charge in [-0.2, -0.15) is 15.2 Å².